The van der Waals surface area contributed by atoms with Gasteiger partial charge in [0, 0.05) is 31.9 Å². The minimum atomic E-state index is -0.571. The molecule has 1 aromatic carbocycles. The summed E-state index contributed by atoms with van der Waals surface area (Å²) in [6, 6.07) is 10.1. The van der Waals surface area contributed by atoms with Gasteiger partial charge in [-0.1, -0.05) is 32.0 Å². The van der Waals surface area contributed by atoms with Crippen molar-refractivity contribution in [2.75, 3.05) is 31.6 Å². The Morgan fingerprint density at radius 3 is 2.26 bits per heavy atom. The van der Waals surface area contributed by atoms with Gasteiger partial charge in [-0.25, -0.2) is 0 Å². The number of nitrogens with two attached hydrogens (primary N) is 1. The lowest BCUT2D eigenvalue weighted by Gasteiger charge is -2.38. The SMILES string of the molecule is CC(C)[C@H](N)C(=O)NCC(=O)N1CCC(N(C)c2ccccc2)CC1.Cl.Cl. The van der Waals surface area contributed by atoms with Gasteiger partial charge in [0.05, 0.1) is 12.6 Å². The lowest BCUT2D eigenvalue weighted by molar-refractivity contribution is -0.134. The average molecular weight is 419 g/mol. The molecule has 0 aliphatic carbocycles. The maximum Gasteiger partial charge on any atom is 0.241 e. The zero-order valence-corrected chi connectivity index (χ0v) is 17.9. The maximum atomic E-state index is 12.3. The molecule has 1 saturated heterocycles. The van der Waals surface area contributed by atoms with Gasteiger partial charge in [0.2, 0.25) is 11.8 Å². The van der Waals surface area contributed by atoms with Gasteiger partial charge in [-0.2, -0.15) is 0 Å². The maximum absolute atomic E-state index is 12.3. The van der Waals surface area contributed by atoms with Crippen LogP contribution in [0.15, 0.2) is 30.3 Å². The Balaban J connectivity index is 0.00000338. The molecule has 0 saturated carbocycles. The summed E-state index contributed by atoms with van der Waals surface area (Å²) in [5.74, 6) is -0.244. The van der Waals surface area contributed by atoms with Crippen LogP contribution in [-0.2, 0) is 9.59 Å². The van der Waals surface area contributed by atoms with E-state index < -0.39 is 6.04 Å². The third-order valence-electron chi connectivity index (χ3n) is 4.96. The normalized spacial score (nSPS) is 15.4. The molecule has 2 rings (SSSR count). The number of rotatable bonds is 6. The number of amides is 2. The van der Waals surface area contributed by atoms with Crippen LogP contribution in [0.4, 0.5) is 5.69 Å². The minimum absolute atomic E-state index is 0. The highest BCUT2D eigenvalue weighted by Gasteiger charge is 2.26. The van der Waals surface area contributed by atoms with E-state index in [0.29, 0.717) is 19.1 Å². The zero-order chi connectivity index (χ0) is 18.4. The number of nitrogens with zero attached hydrogens (tertiary/aromatic N) is 2. The molecule has 1 aliphatic rings. The lowest BCUT2D eigenvalue weighted by Crippen LogP contribution is -2.50. The van der Waals surface area contributed by atoms with Gasteiger partial charge in [-0.15, -0.1) is 24.8 Å². The fourth-order valence-electron chi connectivity index (χ4n) is 3.07. The molecule has 0 aromatic heterocycles. The fourth-order valence-corrected chi connectivity index (χ4v) is 3.07. The first kappa shape index (κ1) is 25.5. The van der Waals surface area contributed by atoms with Gasteiger partial charge in [0.15, 0.2) is 0 Å². The number of hydrogen-bond acceptors (Lipinski definition) is 4. The van der Waals surface area contributed by atoms with E-state index in [4.69, 9.17) is 5.73 Å². The van der Waals surface area contributed by atoms with E-state index in [-0.39, 0.29) is 49.1 Å². The van der Waals surface area contributed by atoms with E-state index in [1.165, 1.54) is 5.69 Å². The molecule has 154 valence electrons. The van der Waals surface area contributed by atoms with Gasteiger partial charge in [-0.05, 0) is 30.9 Å². The number of carbonyl (C=O) groups excluding carboxylic acids is 2. The number of nitrogens with one attached hydrogen (secondary N) is 1. The second-order valence-electron chi connectivity index (χ2n) is 7.05. The lowest BCUT2D eigenvalue weighted by atomic mass is 10.0. The van der Waals surface area contributed by atoms with E-state index >= 15 is 0 Å². The van der Waals surface area contributed by atoms with E-state index in [2.05, 4.69) is 29.4 Å². The largest absolute Gasteiger partial charge is 0.371 e. The molecule has 3 N–H and O–H groups in total. The number of hydrogen-bond donors (Lipinski definition) is 2. The monoisotopic (exact) mass is 418 g/mol. The predicted octanol–water partition coefficient (Wildman–Crippen LogP) is 2.06. The second-order valence-corrected chi connectivity index (χ2v) is 7.05. The third-order valence-corrected chi connectivity index (χ3v) is 4.96. The van der Waals surface area contributed by atoms with E-state index in [1.54, 1.807) is 0 Å². The summed E-state index contributed by atoms with van der Waals surface area (Å²) in [7, 11) is 2.10. The second kappa shape index (κ2) is 12.1. The van der Waals surface area contributed by atoms with Gasteiger partial charge in [-0.3, -0.25) is 9.59 Å². The van der Waals surface area contributed by atoms with Crippen LogP contribution in [0.2, 0.25) is 0 Å². The van der Waals surface area contributed by atoms with Crippen LogP contribution in [0.1, 0.15) is 26.7 Å². The van der Waals surface area contributed by atoms with Crippen molar-refractivity contribution in [1.29, 1.82) is 0 Å². The molecule has 1 fully saturated rings. The number of likely N-dealkylation sites (tertiary alicyclic amines) is 1. The summed E-state index contributed by atoms with van der Waals surface area (Å²) in [6.45, 7) is 5.23. The Labute approximate surface area is 174 Å². The van der Waals surface area contributed by atoms with Crippen molar-refractivity contribution in [1.82, 2.24) is 10.2 Å². The molecule has 0 radical (unpaired) electrons. The van der Waals surface area contributed by atoms with Crippen LogP contribution in [-0.4, -0.2) is 55.5 Å². The molecule has 27 heavy (non-hydrogen) atoms. The van der Waals surface area contributed by atoms with Crippen molar-refractivity contribution in [2.24, 2.45) is 11.7 Å². The first-order valence-electron chi connectivity index (χ1n) is 8.99. The molecule has 6 nitrogen and oxygen atoms in total. The van der Waals surface area contributed by atoms with Crippen LogP contribution in [0.3, 0.4) is 0 Å². The molecule has 1 heterocycles. The Morgan fingerprint density at radius 2 is 1.74 bits per heavy atom. The van der Waals surface area contributed by atoms with E-state index in [1.807, 2.05) is 36.9 Å². The molecular formula is C19H32Cl2N4O2. The number of para-hydroxylation sites is 1. The summed E-state index contributed by atoms with van der Waals surface area (Å²) in [6.07, 6.45) is 1.85. The van der Waals surface area contributed by atoms with E-state index in [0.717, 1.165) is 12.8 Å². The highest BCUT2D eigenvalue weighted by molar-refractivity contribution is 5.87. The van der Waals surface area contributed by atoms with Crippen LogP contribution in [0.25, 0.3) is 0 Å². The number of benzene rings is 1. The number of carbonyl (C=O) groups is 2. The molecular weight excluding hydrogens is 387 g/mol. The standard InChI is InChI=1S/C19H30N4O2.2ClH/c1-14(2)18(20)19(25)21-13-17(24)23-11-9-16(10-12-23)22(3)15-7-5-4-6-8-15;;/h4-8,14,16,18H,9-13,20H2,1-3H3,(H,21,25);2*1H/t18-;;/m0../s1. The number of piperidine rings is 1. The van der Waals surface area contributed by atoms with Gasteiger partial charge in [0.25, 0.3) is 0 Å². The van der Waals surface area contributed by atoms with E-state index in [9.17, 15) is 9.59 Å². The smallest absolute Gasteiger partial charge is 0.241 e. The van der Waals surface area contributed by atoms with Crippen molar-refractivity contribution < 1.29 is 9.59 Å². The summed E-state index contributed by atoms with van der Waals surface area (Å²) in [5, 5.41) is 2.66. The van der Waals surface area contributed by atoms with Crippen LogP contribution >= 0.6 is 24.8 Å². The minimum Gasteiger partial charge on any atom is -0.371 e. The first-order chi connectivity index (χ1) is 11.9. The first-order valence-corrected chi connectivity index (χ1v) is 8.99. The molecule has 0 bridgehead atoms. The van der Waals surface area contributed by atoms with Gasteiger partial charge >= 0.3 is 0 Å². The Hall–Kier alpha value is -1.50. The van der Waals surface area contributed by atoms with Gasteiger partial charge in [0.1, 0.15) is 0 Å². The Bertz CT molecular complexity index is 578. The molecule has 0 spiro atoms. The number of halogens is 2. The molecule has 1 aliphatic heterocycles. The summed E-state index contributed by atoms with van der Waals surface area (Å²) < 4.78 is 0. The van der Waals surface area contributed by atoms with Crippen molar-refractivity contribution in [3.8, 4) is 0 Å². The van der Waals surface area contributed by atoms with Crippen LogP contribution in [0.5, 0.6) is 0 Å². The third kappa shape index (κ3) is 7.20. The average Bonchev–Trinajstić information content (AvgIpc) is 2.65. The number of anilines is 1. The summed E-state index contributed by atoms with van der Waals surface area (Å²) >= 11 is 0. The van der Waals surface area contributed by atoms with Crippen molar-refractivity contribution >= 4 is 42.3 Å². The van der Waals surface area contributed by atoms with Crippen molar-refractivity contribution in [2.45, 2.75) is 38.8 Å². The molecule has 2 amide bonds. The molecule has 8 heteroatoms. The Morgan fingerprint density at radius 1 is 1.19 bits per heavy atom. The van der Waals surface area contributed by atoms with Crippen molar-refractivity contribution in [3.63, 3.8) is 0 Å². The molecule has 1 atom stereocenters. The summed E-state index contributed by atoms with van der Waals surface area (Å²) in [5.41, 5.74) is 6.99. The van der Waals surface area contributed by atoms with Gasteiger partial charge < -0.3 is 20.9 Å². The fraction of sp³-hybridized carbons (Fsp3) is 0.579. The molecule has 0 unspecified atom stereocenters. The van der Waals surface area contributed by atoms with Crippen molar-refractivity contribution in [3.05, 3.63) is 30.3 Å². The highest BCUT2D eigenvalue weighted by Crippen LogP contribution is 2.21. The zero-order valence-electron chi connectivity index (χ0n) is 16.3. The summed E-state index contributed by atoms with van der Waals surface area (Å²) in [4.78, 5) is 28.3. The quantitative estimate of drug-likeness (QED) is 0.740. The van der Waals surface area contributed by atoms with Crippen LogP contribution < -0.4 is 16.0 Å². The molecule has 1 aromatic rings. The highest BCUT2D eigenvalue weighted by atomic mass is 35.5. The predicted molar refractivity (Wildman–Crippen MR) is 115 cm³/mol. The van der Waals surface area contributed by atoms with Crippen LogP contribution in [0, 0.1) is 5.92 Å². The topological polar surface area (TPSA) is 78.7 Å². The Kier molecular flexibility index (Phi) is 11.4.